The first-order chi connectivity index (χ1) is 12.6. The molecule has 0 fully saturated rings. The van der Waals surface area contributed by atoms with E-state index in [1.165, 1.54) is 22.4 Å². The summed E-state index contributed by atoms with van der Waals surface area (Å²) in [5.74, 6) is 0.864. The van der Waals surface area contributed by atoms with Gasteiger partial charge in [0.25, 0.3) is 0 Å². The van der Waals surface area contributed by atoms with Crippen LogP contribution < -0.4 is 5.69 Å². The van der Waals surface area contributed by atoms with E-state index < -0.39 is 0 Å². The molecule has 0 spiro atoms. The molecule has 0 aliphatic heterocycles. The fourth-order valence-electron chi connectivity index (χ4n) is 3.55. The minimum Gasteiger partial charge on any atom is -0.302 e. The van der Waals surface area contributed by atoms with Gasteiger partial charge in [0.2, 0.25) is 0 Å². The molecule has 0 unspecified atom stereocenters. The van der Waals surface area contributed by atoms with Crippen LogP contribution in [0.4, 0.5) is 0 Å². The topological polar surface area (TPSA) is 38.1 Å². The normalized spacial score (nSPS) is 13.4. The monoisotopic (exact) mass is 371 g/mol. The first kappa shape index (κ1) is 19.2. The van der Waals surface area contributed by atoms with Crippen molar-refractivity contribution in [3.63, 3.8) is 0 Å². The SMILES string of the molecule is CCN(CC)CCn1c2c(c(SCc3ccc(C)cc3)nc1=O)CCC2. The van der Waals surface area contributed by atoms with E-state index in [9.17, 15) is 4.79 Å². The maximum Gasteiger partial charge on any atom is 0.348 e. The van der Waals surface area contributed by atoms with Crippen molar-refractivity contribution < 1.29 is 0 Å². The van der Waals surface area contributed by atoms with Crippen LogP contribution in [0.3, 0.4) is 0 Å². The van der Waals surface area contributed by atoms with Gasteiger partial charge in [-0.15, -0.1) is 11.8 Å². The zero-order valence-corrected chi connectivity index (χ0v) is 16.9. The number of nitrogens with zero attached hydrogens (tertiary/aromatic N) is 3. The Hall–Kier alpha value is -1.59. The second kappa shape index (κ2) is 8.87. The lowest BCUT2D eigenvalue weighted by molar-refractivity contribution is 0.286. The van der Waals surface area contributed by atoms with Gasteiger partial charge in [0.05, 0.1) is 0 Å². The second-order valence-electron chi connectivity index (χ2n) is 6.93. The highest BCUT2D eigenvalue weighted by Crippen LogP contribution is 2.31. The standard InChI is InChI=1S/C21H29N3OS/c1-4-23(5-2)13-14-24-19-8-6-7-18(19)20(22-21(24)25)26-15-17-11-9-16(3)10-12-17/h9-12H,4-8,13-15H2,1-3H3. The van der Waals surface area contributed by atoms with E-state index in [1.807, 2.05) is 4.57 Å². The fourth-order valence-corrected chi connectivity index (χ4v) is 4.59. The van der Waals surface area contributed by atoms with Gasteiger partial charge in [0.15, 0.2) is 0 Å². The molecule has 0 saturated carbocycles. The van der Waals surface area contributed by atoms with Crippen LogP contribution in [0.1, 0.15) is 42.7 Å². The van der Waals surface area contributed by atoms with E-state index in [1.54, 1.807) is 11.8 Å². The Balaban J connectivity index is 1.78. The van der Waals surface area contributed by atoms with E-state index >= 15 is 0 Å². The van der Waals surface area contributed by atoms with Crippen molar-refractivity contribution in [1.29, 1.82) is 0 Å². The Bertz CT molecular complexity index is 794. The second-order valence-corrected chi connectivity index (χ2v) is 7.90. The number of benzene rings is 1. The lowest BCUT2D eigenvalue weighted by atomic mass is 10.2. The molecule has 0 N–H and O–H groups in total. The molecule has 0 radical (unpaired) electrons. The Kier molecular flexibility index (Phi) is 6.54. The Morgan fingerprint density at radius 1 is 1.15 bits per heavy atom. The molecule has 4 nitrogen and oxygen atoms in total. The molecule has 0 bridgehead atoms. The molecule has 2 aromatic rings. The molecule has 1 aliphatic rings. The number of fused-ring (bicyclic) bond motifs is 1. The summed E-state index contributed by atoms with van der Waals surface area (Å²) in [6.07, 6.45) is 3.18. The van der Waals surface area contributed by atoms with Crippen molar-refractivity contribution in [2.45, 2.75) is 57.4 Å². The van der Waals surface area contributed by atoms with Crippen LogP contribution in [0.2, 0.25) is 0 Å². The maximum absolute atomic E-state index is 12.7. The smallest absolute Gasteiger partial charge is 0.302 e. The minimum absolute atomic E-state index is 0.0794. The van der Waals surface area contributed by atoms with Crippen molar-refractivity contribution in [2.75, 3.05) is 19.6 Å². The van der Waals surface area contributed by atoms with Gasteiger partial charge >= 0.3 is 5.69 Å². The lowest BCUT2D eigenvalue weighted by Gasteiger charge is -2.20. The molecule has 1 aliphatic carbocycles. The highest BCUT2D eigenvalue weighted by molar-refractivity contribution is 7.98. The van der Waals surface area contributed by atoms with Gasteiger partial charge in [-0.25, -0.2) is 4.79 Å². The molecule has 5 heteroatoms. The summed E-state index contributed by atoms with van der Waals surface area (Å²) in [4.78, 5) is 19.5. The van der Waals surface area contributed by atoms with Crippen molar-refractivity contribution in [2.24, 2.45) is 0 Å². The van der Waals surface area contributed by atoms with E-state index in [4.69, 9.17) is 0 Å². The lowest BCUT2D eigenvalue weighted by Crippen LogP contribution is -2.33. The fraction of sp³-hybridized carbons (Fsp3) is 0.524. The molecular weight excluding hydrogens is 342 g/mol. The first-order valence-electron chi connectivity index (χ1n) is 9.65. The summed E-state index contributed by atoms with van der Waals surface area (Å²) in [6, 6.07) is 8.60. The summed E-state index contributed by atoms with van der Waals surface area (Å²) in [7, 11) is 0. The van der Waals surface area contributed by atoms with E-state index in [-0.39, 0.29) is 5.69 Å². The molecule has 140 valence electrons. The van der Waals surface area contributed by atoms with Gasteiger partial charge in [-0.1, -0.05) is 43.7 Å². The number of hydrogen-bond acceptors (Lipinski definition) is 4. The predicted molar refractivity (Wildman–Crippen MR) is 109 cm³/mol. The Labute approximate surface area is 160 Å². The molecule has 3 rings (SSSR count). The number of thioether (sulfide) groups is 1. The van der Waals surface area contributed by atoms with Crippen LogP contribution in [-0.4, -0.2) is 34.1 Å². The minimum atomic E-state index is -0.0794. The van der Waals surface area contributed by atoms with Gasteiger partial charge < -0.3 is 4.90 Å². The molecule has 1 aromatic carbocycles. The molecule has 1 aromatic heterocycles. The Morgan fingerprint density at radius 3 is 2.58 bits per heavy atom. The molecule has 26 heavy (non-hydrogen) atoms. The maximum atomic E-state index is 12.7. The number of likely N-dealkylation sites (N-methyl/N-ethyl adjacent to an activating group) is 1. The number of hydrogen-bond donors (Lipinski definition) is 0. The summed E-state index contributed by atoms with van der Waals surface area (Å²) in [5.41, 5.74) is 5.00. The quantitative estimate of drug-likeness (QED) is 0.524. The summed E-state index contributed by atoms with van der Waals surface area (Å²) < 4.78 is 1.93. The number of aromatic nitrogens is 2. The van der Waals surface area contributed by atoms with Crippen LogP contribution in [-0.2, 0) is 25.1 Å². The van der Waals surface area contributed by atoms with E-state index in [2.05, 4.69) is 54.9 Å². The number of aryl methyl sites for hydroxylation is 1. The predicted octanol–water partition coefficient (Wildman–Crippen LogP) is 3.67. The van der Waals surface area contributed by atoms with Crippen LogP contribution in [0, 0.1) is 6.92 Å². The van der Waals surface area contributed by atoms with E-state index in [0.717, 1.165) is 56.2 Å². The zero-order chi connectivity index (χ0) is 18.5. The van der Waals surface area contributed by atoms with Crippen molar-refractivity contribution >= 4 is 11.8 Å². The van der Waals surface area contributed by atoms with Crippen LogP contribution in [0.25, 0.3) is 0 Å². The average Bonchev–Trinajstić information content (AvgIpc) is 3.13. The van der Waals surface area contributed by atoms with Gasteiger partial charge in [-0.2, -0.15) is 4.98 Å². The highest BCUT2D eigenvalue weighted by atomic mass is 32.2. The average molecular weight is 372 g/mol. The third-order valence-corrected chi connectivity index (χ3v) is 6.32. The third kappa shape index (κ3) is 4.38. The van der Waals surface area contributed by atoms with Gasteiger partial charge in [-0.3, -0.25) is 4.57 Å². The summed E-state index contributed by atoms with van der Waals surface area (Å²) in [6.45, 7) is 10.1. The number of rotatable bonds is 8. The van der Waals surface area contributed by atoms with Crippen LogP contribution >= 0.6 is 11.8 Å². The first-order valence-corrected chi connectivity index (χ1v) is 10.6. The summed E-state index contributed by atoms with van der Waals surface area (Å²) >= 11 is 1.71. The van der Waals surface area contributed by atoms with E-state index in [0.29, 0.717) is 0 Å². The van der Waals surface area contributed by atoms with Crippen molar-refractivity contribution in [3.8, 4) is 0 Å². The molecular formula is C21H29N3OS. The van der Waals surface area contributed by atoms with Crippen LogP contribution in [0.15, 0.2) is 34.1 Å². The molecule has 1 heterocycles. The van der Waals surface area contributed by atoms with Crippen molar-refractivity contribution in [3.05, 3.63) is 57.1 Å². The third-order valence-electron chi connectivity index (χ3n) is 5.23. The van der Waals surface area contributed by atoms with Gasteiger partial charge in [0.1, 0.15) is 5.03 Å². The molecule has 0 amide bonds. The largest absolute Gasteiger partial charge is 0.348 e. The van der Waals surface area contributed by atoms with Crippen LogP contribution in [0.5, 0.6) is 0 Å². The van der Waals surface area contributed by atoms with Crippen molar-refractivity contribution in [1.82, 2.24) is 14.5 Å². The Morgan fingerprint density at radius 2 is 1.88 bits per heavy atom. The van der Waals surface area contributed by atoms with Gasteiger partial charge in [0, 0.05) is 30.1 Å². The summed E-state index contributed by atoms with van der Waals surface area (Å²) in [5, 5.41) is 0.946. The molecule has 0 atom stereocenters. The zero-order valence-electron chi connectivity index (χ0n) is 16.1. The molecule has 0 saturated heterocycles. The highest BCUT2D eigenvalue weighted by Gasteiger charge is 2.22. The van der Waals surface area contributed by atoms with Gasteiger partial charge in [-0.05, 0) is 44.8 Å².